The zero-order chi connectivity index (χ0) is 7.52. The molecule has 1 saturated carbocycles. The van der Waals surface area contributed by atoms with Crippen LogP contribution in [0.25, 0.3) is 0 Å². The number of hydrogen-bond donors (Lipinski definition) is 1. The minimum Gasteiger partial charge on any atom is -0.316 e. The summed E-state index contributed by atoms with van der Waals surface area (Å²) >= 11 is 0. The van der Waals surface area contributed by atoms with E-state index >= 15 is 0 Å². The SMILES string of the molecule is C1CCC(CCC2CNC2)C1.Cl. The molecule has 0 unspecified atom stereocenters. The molecule has 12 heavy (non-hydrogen) atoms. The first-order chi connectivity index (χ1) is 5.45. The minimum absolute atomic E-state index is 0. The lowest BCUT2D eigenvalue weighted by Crippen LogP contribution is -2.41. The third-order valence-corrected chi connectivity index (χ3v) is 3.32. The first-order valence-electron chi connectivity index (χ1n) is 5.16. The molecule has 2 fully saturated rings. The monoisotopic (exact) mass is 189 g/mol. The predicted octanol–water partition coefficient (Wildman–Crippen LogP) is 2.60. The van der Waals surface area contributed by atoms with Crippen LogP contribution in [0.5, 0.6) is 0 Å². The molecule has 0 aromatic rings. The van der Waals surface area contributed by atoms with Crippen LogP contribution in [0.3, 0.4) is 0 Å². The van der Waals surface area contributed by atoms with E-state index in [1.165, 1.54) is 51.6 Å². The molecule has 0 aromatic carbocycles. The van der Waals surface area contributed by atoms with Crippen LogP contribution in [0.1, 0.15) is 38.5 Å². The Morgan fingerprint density at radius 3 is 2.00 bits per heavy atom. The highest BCUT2D eigenvalue weighted by atomic mass is 35.5. The second kappa shape index (κ2) is 5.08. The molecule has 0 bridgehead atoms. The summed E-state index contributed by atoms with van der Waals surface area (Å²) in [5.41, 5.74) is 0. The topological polar surface area (TPSA) is 12.0 Å². The summed E-state index contributed by atoms with van der Waals surface area (Å²) in [6, 6.07) is 0. The number of nitrogens with one attached hydrogen (secondary N) is 1. The highest BCUT2D eigenvalue weighted by molar-refractivity contribution is 5.85. The molecule has 0 spiro atoms. The molecule has 2 heteroatoms. The summed E-state index contributed by atoms with van der Waals surface area (Å²) in [5, 5.41) is 3.34. The summed E-state index contributed by atoms with van der Waals surface area (Å²) in [5.74, 6) is 2.14. The lowest BCUT2D eigenvalue weighted by atomic mass is 9.91. The molecular formula is C10H20ClN. The fourth-order valence-electron chi connectivity index (χ4n) is 2.32. The van der Waals surface area contributed by atoms with E-state index in [4.69, 9.17) is 0 Å². The van der Waals surface area contributed by atoms with Gasteiger partial charge in [-0.05, 0) is 31.3 Å². The van der Waals surface area contributed by atoms with Crippen molar-refractivity contribution in [2.24, 2.45) is 11.8 Å². The van der Waals surface area contributed by atoms with Crippen LogP contribution in [0.2, 0.25) is 0 Å². The zero-order valence-corrected chi connectivity index (χ0v) is 8.54. The molecule has 0 aromatic heterocycles. The smallest absolute Gasteiger partial charge is 0.000825 e. The van der Waals surface area contributed by atoms with Gasteiger partial charge in [-0.3, -0.25) is 0 Å². The van der Waals surface area contributed by atoms with Gasteiger partial charge in [-0.25, -0.2) is 0 Å². The van der Waals surface area contributed by atoms with E-state index in [-0.39, 0.29) is 12.4 Å². The van der Waals surface area contributed by atoms with Crippen LogP contribution < -0.4 is 5.32 Å². The minimum atomic E-state index is 0. The molecular weight excluding hydrogens is 170 g/mol. The van der Waals surface area contributed by atoms with Crippen molar-refractivity contribution >= 4 is 12.4 Å². The normalized spacial score (nSPS) is 25.0. The third kappa shape index (κ3) is 2.63. The van der Waals surface area contributed by atoms with Crippen molar-refractivity contribution in [3.05, 3.63) is 0 Å². The van der Waals surface area contributed by atoms with Gasteiger partial charge in [-0.1, -0.05) is 32.1 Å². The van der Waals surface area contributed by atoms with Gasteiger partial charge in [-0.2, -0.15) is 0 Å². The maximum atomic E-state index is 3.34. The van der Waals surface area contributed by atoms with Crippen LogP contribution in [0.4, 0.5) is 0 Å². The standard InChI is InChI=1S/C10H19N.ClH/c1-2-4-9(3-1)5-6-10-7-11-8-10;/h9-11H,1-8H2;1H. The van der Waals surface area contributed by atoms with Crippen molar-refractivity contribution in [2.75, 3.05) is 13.1 Å². The molecule has 1 heterocycles. The first kappa shape index (κ1) is 10.3. The van der Waals surface area contributed by atoms with Crippen molar-refractivity contribution in [3.63, 3.8) is 0 Å². The van der Waals surface area contributed by atoms with Crippen molar-refractivity contribution in [1.82, 2.24) is 5.32 Å². The van der Waals surface area contributed by atoms with E-state index in [9.17, 15) is 0 Å². The highest BCUT2D eigenvalue weighted by Crippen LogP contribution is 2.30. The van der Waals surface area contributed by atoms with Crippen molar-refractivity contribution in [3.8, 4) is 0 Å². The summed E-state index contributed by atoms with van der Waals surface area (Å²) in [4.78, 5) is 0. The highest BCUT2D eigenvalue weighted by Gasteiger charge is 2.20. The zero-order valence-electron chi connectivity index (χ0n) is 7.72. The maximum absolute atomic E-state index is 3.34. The number of halogens is 1. The molecule has 1 aliphatic heterocycles. The van der Waals surface area contributed by atoms with Crippen LogP contribution in [-0.2, 0) is 0 Å². The van der Waals surface area contributed by atoms with Crippen molar-refractivity contribution < 1.29 is 0 Å². The average Bonchev–Trinajstić information content (AvgIpc) is 2.36. The van der Waals surface area contributed by atoms with Crippen LogP contribution in [0, 0.1) is 11.8 Å². The van der Waals surface area contributed by atoms with E-state index in [0.29, 0.717) is 0 Å². The Labute approximate surface area is 81.7 Å². The lowest BCUT2D eigenvalue weighted by Gasteiger charge is -2.27. The molecule has 0 radical (unpaired) electrons. The molecule has 1 N–H and O–H groups in total. The van der Waals surface area contributed by atoms with Crippen LogP contribution in [-0.4, -0.2) is 13.1 Å². The summed E-state index contributed by atoms with van der Waals surface area (Å²) < 4.78 is 0. The van der Waals surface area contributed by atoms with Gasteiger partial charge in [0.15, 0.2) is 0 Å². The Bertz CT molecular complexity index is 117. The maximum Gasteiger partial charge on any atom is -0.000825 e. The van der Waals surface area contributed by atoms with Gasteiger partial charge in [0.05, 0.1) is 0 Å². The van der Waals surface area contributed by atoms with Crippen molar-refractivity contribution in [1.29, 1.82) is 0 Å². The second-order valence-corrected chi connectivity index (χ2v) is 4.25. The van der Waals surface area contributed by atoms with E-state index in [0.717, 1.165) is 11.8 Å². The van der Waals surface area contributed by atoms with Crippen LogP contribution in [0.15, 0.2) is 0 Å². The number of rotatable bonds is 3. The van der Waals surface area contributed by atoms with E-state index in [1.807, 2.05) is 0 Å². The molecule has 0 atom stereocenters. The number of hydrogen-bond acceptors (Lipinski definition) is 1. The average molecular weight is 190 g/mol. The molecule has 2 rings (SSSR count). The van der Waals surface area contributed by atoms with Crippen molar-refractivity contribution in [2.45, 2.75) is 38.5 Å². The fraction of sp³-hybridized carbons (Fsp3) is 1.00. The lowest BCUT2D eigenvalue weighted by molar-refractivity contribution is 0.297. The van der Waals surface area contributed by atoms with E-state index < -0.39 is 0 Å². The molecule has 0 amide bonds. The van der Waals surface area contributed by atoms with Gasteiger partial charge in [0, 0.05) is 0 Å². The Balaban J connectivity index is 0.000000720. The van der Waals surface area contributed by atoms with Gasteiger partial charge < -0.3 is 5.32 Å². The molecule has 1 saturated heterocycles. The largest absolute Gasteiger partial charge is 0.316 e. The van der Waals surface area contributed by atoms with E-state index in [1.54, 1.807) is 0 Å². The Morgan fingerprint density at radius 1 is 0.917 bits per heavy atom. The van der Waals surface area contributed by atoms with Gasteiger partial charge >= 0.3 is 0 Å². The predicted molar refractivity (Wildman–Crippen MR) is 54.8 cm³/mol. The molecule has 1 aliphatic carbocycles. The van der Waals surface area contributed by atoms with Gasteiger partial charge in [0.25, 0.3) is 0 Å². The summed E-state index contributed by atoms with van der Waals surface area (Å²) in [7, 11) is 0. The van der Waals surface area contributed by atoms with Gasteiger partial charge in [-0.15, -0.1) is 12.4 Å². The Kier molecular flexibility index (Phi) is 4.38. The Hall–Kier alpha value is 0.250. The Morgan fingerprint density at radius 2 is 1.50 bits per heavy atom. The third-order valence-electron chi connectivity index (χ3n) is 3.32. The molecule has 1 nitrogen and oxygen atoms in total. The fourth-order valence-corrected chi connectivity index (χ4v) is 2.32. The summed E-state index contributed by atoms with van der Waals surface area (Å²) in [6.07, 6.45) is 9.09. The van der Waals surface area contributed by atoms with Gasteiger partial charge in [0.1, 0.15) is 0 Å². The molecule has 2 aliphatic rings. The molecule has 72 valence electrons. The van der Waals surface area contributed by atoms with E-state index in [2.05, 4.69) is 5.32 Å². The first-order valence-corrected chi connectivity index (χ1v) is 5.16. The van der Waals surface area contributed by atoms with Crippen LogP contribution >= 0.6 is 12.4 Å². The second-order valence-electron chi connectivity index (χ2n) is 4.25. The summed E-state index contributed by atoms with van der Waals surface area (Å²) in [6.45, 7) is 2.60. The quantitative estimate of drug-likeness (QED) is 0.720. The van der Waals surface area contributed by atoms with Gasteiger partial charge in [0.2, 0.25) is 0 Å².